The van der Waals surface area contributed by atoms with E-state index in [0.717, 1.165) is 55.4 Å². The van der Waals surface area contributed by atoms with Gasteiger partial charge in [-0.15, -0.1) is 0 Å². The average molecular weight is 493 g/mol. The third-order valence-electron chi connectivity index (χ3n) is 7.39. The monoisotopic (exact) mass is 492 g/mol. The minimum Gasteiger partial charge on any atom is -0.508 e. The number of rotatable bonds is 10. The van der Waals surface area contributed by atoms with E-state index in [1.807, 2.05) is 24.3 Å². The molecular formula is C31H41FO2Si. The van der Waals surface area contributed by atoms with E-state index in [0.29, 0.717) is 5.56 Å². The molecule has 0 radical (unpaired) electrons. The van der Waals surface area contributed by atoms with Crippen LogP contribution in [0.5, 0.6) is 5.75 Å². The maximum atomic E-state index is 15.1. The number of aromatic hydroxyl groups is 1. The average Bonchev–Trinajstić information content (AvgIpc) is 2.81. The van der Waals surface area contributed by atoms with Crippen molar-refractivity contribution in [2.75, 3.05) is 6.61 Å². The lowest BCUT2D eigenvalue weighted by Gasteiger charge is -2.36. The molecule has 0 aliphatic rings. The molecular weight excluding hydrogens is 451 g/mol. The van der Waals surface area contributed by atoms with Crippen LogP contribution in [-0.2, 0) is 30.1 Å². The zero-order valence-electron chi connectivity index (χ0n) is 22.2. The molecule has 3 aromatic rings. The van der Waals surface area contributed by atoms with Crippen LogP contribution < -0.4 is 0 Å². The normalized spacial score (nSPS) is 12.2. The van der Waals surface area contributed by atoms with Crippen molar-refractivity contribution in [3.05, 3.63) is 88.7 Å². The van der Waals surface area contributed by atoms with Gasteiger partial charge in [-0.1, -0.05) is 70.2 Å². The van der Waals surface area contributed by atoms with Crippen LogP contribution in [0.3, 0.4) is 0 Å². The molecule has 3 rings (SSSR count). The number of phenolic OH excluding ortho intramolecular Hbond substituents is 1. The van der Waals surface area contributed by atoms with Gasteiger partial charge >= 0.3 is 0 Å². The van der Waals surface area contributed by atoms with Gasteiger partial charge in [0.1, 0.15) is 11.6 Å². The molecule has 0 fully saturated rings. The highest BCUT2D eigenvalue weighted by Gasteiger charge is 2.36. The minimum absolute atomic E-state index is 0.168. The summed E-state index contributed by atoms with van der Waals surface area (Å²) in [5.74, 6) is 0.0970. The number of aryl methyl sites for hydroxylation is 4. The smallest absolute Gasteiger partial charge is 0.191 e. The summed E-state index contributed by atoms with van der Waals surface area (Å²) in [6.07, 6.45) is 4.41. The molecule has 0 aromatic heterocycles. The van der Waals surface area contributed by atoms with Crippen LogP contribution in [0.1, 0.15) is 56.4 Å². The fourth-order valence-electron chi connectivity index (χ4n) is 4.06. The van der Waals surface area contributed by atoms with Gasteiger partial charge in [-0.3, -0.25) is 0 Å². The van der Waals surface area contributed by atoms with Gasteiger partial charge in [-0.2, -0.15) is 0 Å². The summed E-state index contributed by atoms with van der Waals surface area (Å²) in [5, 5.41) is 9.66. The van der Waals surface area contributed by atoms with Gasteiger partial charge in [0.05, 0.1) is 0 Å². The van der Waals surface area contributed by atoms with Crippen molar-refractivity contribution in [1.29, 1.82) is 0 Å². The standard InChI is InChI=1S/C31H41FO2Si/c1-7-26-21-24(9-8-20-34-35(5,6)31(2,3)4)14-18-28(26)29-19-15-25(22-30(29)32)11-10-23-12-16-27(33)17-13-23/h12-19,21-22,33H,7-11,20H2,1-6H3. The predicted octanol–water partition coefficient (Wildman–Crippen LogP) is 8.50. The fourth-order valence-corrected chi connectivity index (χ4v) is 5.15. The molecule has 0 aliphatic heterocycles. The van der Waals surface area contributed by atoms with Crippen LogP contribution in [-0.4, -0.2) is 20.0 Å². The van der Waals surface area contributed by atoms with E-state index < -0.39 is 8.32 Å². The van der Waals surface area contributed by atoms with Crippen molar-refractivity contribution in [3.8, 4) is 16.9 Å². The van der Waals surface area contributed by atoms with E-state index >= 15 is 4.39 Å². The lowest BCUT2D eigenvalue weighted by Crippen LogP contribution is -2.41. The third kappa shape index (κ3) is 7.28. The van der Waals surface area contributed by atoms with E-state index in [4.69, 9.17) is 4.43 Å². The van der Waals surface area contributed by atoms with Gasteiger partial charge in [0.25, 0.3) is 0 Å². The molecule has 0 heterocycles. The highest BCUT2D eigenvalue weighted by atomic mass is 28.4. The molecule has 188 valence electrons. The van der Waals surface area contributed by atoms with Crippen LogP contribution in [0.4, 0.5) is 4.39 Å². The molecule has 4 heteroatoms. The molecule has 0 atom stereocenters. The SMILES string of the molecule is CCc1cc(CCCO[Si](C)(C)C(C)(C)C)ccc1-c1ccc(CCc2ccc(O)cc2)cc1F. The summed E-state index contributed by atoms with van der Waals surface area (Å²) in [5.41, 5.74) is 6.24. The summed E-state index contributed by atoms with van der Waals surface area (Å²) in [4.78, 5) is 0. The second-order valence-electron chi connectivity index (χ2n) is 11.0. The zero-order chi connectivity index (χ0) is 25.6. The Morgan fingerprint density at radius 1 is 0.800 bits per heavy atom. The summed E-state index contributed by atoms with van der Waals surface area (Å²) in [7, 11) is -1.70. The molecule has 3 aromatic carbocycles. The lowest BCUT2D eigenvalue weighted by molar-refractivity contribution is 0.282. The van der Waals surface area contributed by atoms with Gasteiger partial charge < -0.3 is 9.53 Å². The first-order valence-corrected chi connectivity index (χ1v) is 15.7. The molecule has 1 N–H and O–H groups in total. The Labute approximate surface area is 212 Å². The Hall–Kier alpha value is -2.43. The Bertz CT molecular complexity index is 1110. The Morgan fingerprint density at radius 3 is 1.97 bits per heavy atom. The Balaban J connectivity index is 1.64. The van der Waals surface area contributed by atoms with Crippen molar-refractivity contribution in [3.63, 3.8) is 0 Å². The maximum Gasteiger partial charge on any atom is 0.191 e. The van der Waals surface area contributed by atoms with Crippen molar-refractivity contribution >= 4 is 8.32 Å². The molecule has 2 nitrogen and oxygen atoms in total. The summed E-state index contributed by atoms with van der Waals surface area (Å²) in [6.45, 7) is 14.3. The maximum absolute atomic E-state index is 15.1. The summed E-state index contributed by atoms with van der Waals surface area (Å²) >= 11 is 0. The highest BCUT2D eigenvalue weighted by Crippen LogP contribution is 2.36. The van der Waals surface area contributed by atoms with E-state index in [1.54, 1.807) is 18.2 Å². The molecule has 35 heavy (non-hydrogen) atoms. The van der Waals surface area contributed by atoms with E-state index in [1.165, 1.54) is 11.1 Å². The third-order valence-corrected chi connectivity index (χ3v) is 11.9. The molecule has 0 saturated carbocycles. The summed E-state index contributed by atoms with van der Waals surface area (Å²) in [6, 6.07) is 19.3. The van der Waals surface area contributed by atoms with Crippen molar-refractivity contribution < 1.29 is 13.9 Å². The molecule has 0 saturated heterocycles. The number of benzene rings is 3. The second-order valence-corrected chi connectivity index (χ2v) is 15.8. The van der Waals surface area contributed by atoms with Crippen molar-refractivity contribution in [2.24, 2.45) is 0 Å². The molecule has 0 bridgehead atoms. The van der Waals surface area contributed by atoms with E-state index in [9.17, 15) is 5.11 Å². The molecule has 0 spiro atoms. The summed E-state index contributed by atoms with van der Waals surface area (Å²) < 4.78 is 21.5. The van der Waals surface area contributed by atoms with Crippen molar-refractivity contribution in [2.45, 2.75) is 77.9 Å². The van der Waals surface area contributed by atoms with Crippen LogP contribution >= 0.6 is 0 Å². The van der Waals surface area contributed by atoms with Gasteiger partial charge in [0.2, 0.25) is 0 Å². The van der Waals surface area contributed by atoms with Crippen LogP contribution in [0.15, 0.2) is 60.7 Å². The fraction of sp³-hybridized carbons (Fsp3) is 0.419. The molecule has 0 aliphatic carbocycles. The number of hydrogen-bond acceptors (Lipinski definition) is 2. The molecule has 0 amide bonds. The van der Waals surface area contributed by atoms with Crippen LogP contribution in [0, 0.1) is 5.82 Å². The second kappa shape index (κ2) is 11.5. The number of halogens is 1. The first-order chi connectivity index (χ1) is 16.5. The van der Waals surface area contributed by atoms with Crippen LogP contribution in [0.2, 0.25) is 18.1 Å². The van der Waals surface area contributed by atoms with E-state index in [2.05, 4.69) is 59.0 Å². The predicted molar refractivity (Wildman–Crippen MR) is 148 cm³/mol. The largest absolute Gasteiger partial charge is 0.508 e. The first kappa shape index (κ1) is 27.2. The Morgan fingerprint density at radius 2 is 1.37 bits per heavy atom. The first-order valence-electron chi connectivity index (χ1n) is 12.8. The Kier molecular flexibility index (Phi) is 8.95. The minimum atomic E-state index is -1.70. The van der Waals surface area contributed by atoms with Gasteiger partial charge in [-0.25, -0.2) is 4.39 Å². The van der Waals surface area contributed by atoms with Gasteiger partial charge in [-0.05, 0) is 96.3 Å². The zero-order valence-corrected chi connectivity index (χ0v) is 23.2. The van der Waals surface area contributed by atoms with Crippen LogP contribution in [0.25, 0.3) is 11.1 Å². The van der Waals surface area contributed by atoms with Gasteiger partial charge in [0, 0.05) is 12.2 Å². The lowest BCUT2D eigenvalue weighted by atomic mass is 9.93. The number of phenols is 1. The quantitative estimate of drug-likeness (QED) is 0.227. The topological polar surface area (TPSA) is 29.5 Å². The number of hydrogen-bond donors (Lipinski definition) is 1. The molecule has 0 unspecified atom stereocenters. The van der Waals surface area contributed by atoms with Crippen molar-refractivity contribution in [1.82, 2.24) is 0 Å². The van der Waals surface area contributed by atoms with E-state index in [-0.39, 0.29) is 16.6 Å². The van der Waals surface area contributed by atoms with Gasteiger partial charge in [0.15, 0.2) is 8.32 Å². The highest BCUT2D eigenvalue weighted by molar-refractivity contribution is 6.74.